The number of nitrogens with one attached hydrogen (secondary N) is 2. The Bertz CT molecular complexity index is 447. The Labute approximate surface area is 119 Å². The average Bonchev–Trinajstić information content (AvgIpc) is 2.91. The number of aliphatic carboxylic acids is 1. The Morgan fingerprint density at radius 1 is 1.25 bits per heavy atom. The molecular formula is C12H16N2O5S. The molecule has 3 N–H and O–H groups in total. The number of hydrogen-bond donors (Lipinski definition) is 3. The molecule has 2 amide bonds. The Morgan fingerprint density at radius 3 is 2.70 bits per heavy atom. The lowest BCUT2D eigenvalue weighted by Crippen LogP contribution is -2.32. The molecule has 0 atom stereocenters. The van der Waals surface area contributed by atoms with Crippen LogP contribution in [-0.4, -0.2) is 49.2 Å². The van der Waals surface area contributed by atoms with Crippen molar-refractivity contribution < 1.29 is 24.2 Å². The first-order chi connectivity index (χ1) is 9.59. The molecule has 0 radical (unpaired) electrons. The van der Waals surface area contributed by atoms with Crippen LogP contribution in [-0.2, 0) is 14.3 Å². The third kappa shape index (κ3) is 6.86. The van der Waals surface area contributed by atoms with Crippen LogP contribution in [0.4, 0.5) is 0 Å². The van der Waals surface area contributed by atoms with Crippen LogP contribution in [0.5, 0.6) is 0 Å². The standard InChI is InChI=1S/C12H16N2O5S/c15-10(13-4-5-19-7-11(16)17)1-3-14-12(18)9-2-6-20-8-9/h2,6,8H,1,3-5,7H2,(H,13,15)(H,14,18)(H,16,17). The van der Waals surface area contributed by atoms with Crippen molar-refractivity contribution in [3.63, 3.8) is 0 Å². The maximum absolute atomic E-state index is 11.5. The van der Waals surface area contributed by atoms with Gasteiger partial charge < -0.3 is 20.5 Å². The highest BCUT2D eigenvalue weighted by Crippen LogP contribution is 2.04. The second-order valence-electron chi connectivity index (χ2n) is 3.81. The van der Waals surface area contributed by atoms with Crippen LogP contribution in [0, 0.1) is 0 Å². The minimum Gasteiger partial charge on any atom is -0.480 e. The zero-order valence-corrected chi connectivity index (χ0v) is 11.6. The SMILES string of the molecule is O=C(O)COCCNC(=O)CCNC(=O)c1ccsc1. The predicted octanol–water partition coefficient (Wildman–Crippen LogP) is 0.0854. The maximum Gasteiger partial charge on any atom is 0.329 e. The van der Waals surface area contributed by atoms with E-state index < -0.39 is 5.97 Å². The molecule has 0 spiro atoms. The van der Waals surface area contributed by atoms with Crippen molar-refractivity contribution in [1.82, 2.24) is 10.6 Å². The summed E-state index contributed by atoms with van der Waals surface area (Å²) >= 11 is 1.43. The summed E-state index contributed by atoms with van der Waals surface area (Å²) < 4.78 is 4.75. The van der Waals surface area contributed by atoms with Crippen LogP contribution in [0.15, 0.2) is 16.8 Å². The molecule has 0 aliphatic rings. The topological polar surface area (TPSA) is 105 Å². The number of rotatable bonds is 9. The lowest BCUT2D eigenvalue weighted by Gasteiger charge is -2.06. The van der Waals surface area contributed by atoms with Crippen molar-refractivity contribution in [3.8, 4) is 0 Å². The van der Waals surface area contributed by atoms with Gasteiger partial charge in [-0.25, -0.2) is 4.79 Å². The van der Waals surface area contributed by atoms with E-state index in [2.05, 4.69) is 10.6 Å². The van der Waals surface area contributed by atoms with Crippen LogP contribution in [0.25, 0.3) is 0 Å². The molecule has 20 heavy (non-hydrogen) atoms. The Kier molecular flexibility index (Phi) is 7.30. The van der Waals surface area contributed by atoms with E-state index in [9.17, 15) is 14.4 Å². The van der Waals surface area contributed by atoms with E-state index in [4.69, 9.17) is 9.84 Å². The molecule has 0 fully saturated rings. The minimum absolute atomic E-state index is 0.138. The number of carbonyl (C=O) groups excluding carboxylic acids is 2. The van der Waals surface area contributed by atoms with Gasteiger partial charge in [-0.2, -0.15) is 11.3 Å². The third-order valence-corrected chi connectivity index (χ3v) is 2.90. The average molecular weight is 300 g/mol. The lowest BCUT2D eigenvalue weighted by molar-refractivity contribution is -0.142. The predicted molar refractivity (Wildman–Crippen MR) is 72.7 cm³/mol. The molecule has 0 aliphatic heterocycles. The van der Waals surface area contributed by atoms with E-state index >= 15 is 0 Å². The molecule has 0 bridgehead atoms. The van der Waals surface area contributed by atoms with Gasteiger partial charge in [-0.3, -0.25) is 9.59 Å². The van der Waals surface area contributed by atoms with Crippen molar-refractivity contribution in [2.24, 2.45) is 0 Å². The molecule has 0 aromatic carbocycles. The Hall–Kier alpha value is -1.93. The monoisotopic (exact) mass is 300 g/mol. The molecule has 0 aliphatic carbocycles. The Balaban J connectivity index is 2.03. The number of carboxylic acid groups (broad SMARTS) is 1. The van der Waals surface area contributed by atoms with E-state index in [1.54, 1.807) is 16.8 Å². The summed E-state index contributed by atoms with van der Waals surface area (Å²) in [6.07, 6.45) is 0.162. The summed E-state index contributed by atoms with van der Waals surface area (Å²) in [6.45, 7) is 0.243. The van der Waals surface area contributed by atoms with Gasteiger partial charge in [0.05, 0.1) is 6.61 Å². The maximum atomic E-state index is 11.5. The van der Waals surface area contributed by atoms with E-state index in [1.165, 1.54) is 11.3 Å². The van der Waals surface area contributed by atoms with Crippen molar-refractivity contribution in [2.45, 2.75) is 6.42 Å². The van der Waals surface area contributed by atoms with Gasteiger partial charge in [0.25, 0.3) is 5.91 Å². The van der Waals surface area contributed by atoms with Gasteiger partial charge in [-0.15, -0.1) is 0 Å². The van der Waals surface area contributed by atoms with Gasteiger partial charge in [0, 0.05) is 30.5 Å². The number of hydrogen-bond acceptors (Lipinski definition) is 5. The smallest absolute Gasteiger partial charge is 0.329 e. The van der Waals surface area contributed by atoms with Crippen molar-refractivity contribution in [2.75, 3.05) is 26.3 Å². The fraction of sp³-hybridized carbons (Fsp3) is 0.417. The van der Waals surface area contributed by atoms with Gasteiger partial charge in [-0.05, 0) is 11.4 Å². The zero-order valence-electron chi connectivity index (χ0n) is 10.8. The molecule has 0 saturated carbocycles. The quantitative estimate of drug-likeness (QED) is 0.560. The third-order valence-electron chi connectivity index (χ3n) is 2.22. The number of ether oxygens (including phenoxy) is 1. The van der Waals surface area contributed by atoms with Crippen LogP contribution in [0.1, 0.15) is 16.8 Å². The van der Waals surface area contributed by atoms with E-state index in [1.807, 2.05) is 0 Å². The number of thiophene rings is 1. The van der Waals surface area contributed by atoms with Gasteiger partial charge in [-0.1, -0.05) is 0 Å². The molecule has 1 rings (SSSR count). The molecule has 7 nitrogen and oxygen atoms in total. The number of amides is 2. The summed E-state index contributed by atoms with van der Waals surface area (Å²) in [4.78, 5) is 33.1. The van der Waals surface area contributed by atoms with Crippen LogP contribution >= 0.6 is 11.3 Å². The highest BCUT2D eigenvalue weighted by Gasteiger charge is 2.06. The molecule has 1 aromatic heterocycles. The summed E-state index contributed by atoms with van der Waals surface area (Å²) in [5, 5.41) is 17.0. The fourth-order valence-electron chi connectivity index (χ4n) is 1.30. The van der Waals surface area contributed by atoms with Gasteiger partial charge >= 0.3 is 5.97 Å². The van der Waals surface area contributed by atoms with Crippen molar-refractivity contribution in [3.05, 3.63) is 22.4 Å². The highest BCUT2D eigenvalue weighted by atomic mass is 32.1. The number of carboxylic acids is 1. The van der Waals surface area contributed by atoms with Gasteiger partial charge in [0.1, 0.15) is 6.61 Å². The van der Waals surface area contributed by atoms with Crippen molar-refractivity contribution >= 4 is 29.1 Å². The van der Waals surface area contributed by atoms with Crippen LogP contribution in [0.2, 0.25) is 0 Å². The van der Waals surface area contributed by atoms with Crippen LogP contribution < -0.4 is 10.6 Å². The largest absolute Gasteiger partial charge is 0.480 e. The first-order valence-corrected chi connectivity index (χ1v) is 6.90. The summed E-state index contributed by atoms with van der Waals surface area (Å²) in [5.41, 5.74) is 0.581. The fourth-order valence-corrected chi connectivity index (χ4v) is 1.93. The first kappa shape index (κ1) is 16.1. The molecule has 110 valence electrons. The molecular weight excluding hydrogens is 284 g/mol. The zero-order chi connectivity index (χ0) is 14.8. The lowest BCUT2D eigenvalue weighted by atomic mass is 10.3. The van der Waals surface area contributed by atoms with E-state index in [0.717, 1.165) is 0 Å². The first-order valence-electron chi connectivity index (χ1n) is 5.96. The highest BCUT2D eigenvalue weighted by molar-refractivity contribution is 7.08. The second-order valence-corrected chi connectivity index (χ2v) is 4.59. The number of carbonyl (C=O) groups is 3. The minimum atomic E-state index is -1.05. The second kappa shape index (κ2) is 9.05. The molecule has 1 heterocycles. The molecule has 0 saturated heterocycles. The molecule has 1 aromatic rings. The van der Waals surface area contributed by atoms with Crippen LogP contribution in [0.3, 0.4) is 0 Å². The van der Waals surface area contributed by atoms with E-state index in [0.29, 0.717) is 5.56 Å². The Morgan fingerprint density at radius 2 is 2.05 bits per heavy atom. The summed E-state index contributed by atoms with van der Waals surface area (Å²) in [6, 6.07) is 1.71. The van der Waals surface area contributed by atoms with Gasteiger partial charge in [0.15, 0.2) is 0 Å². The molecule has 8 heteroatoms. The van der Waals surface area contributed by atoms with Crippen molar-refractivity contribution in [1.29, 1.82) is 0 Å². The van der Waals surface area contributed by atoms with E-state index in [-0.39, 0.29) is 44.5 Å². The molecule has 0 unspecified atom stereocenters. The summed E-state index contributed by atoms with van der Waals surface area (Å²) in [5.74, 6) is -1.48. The van der Waals surface area contributed by atoms with Gasteiger partial charge in [0.2, 0.25) is 5.91 Å². The summed E-state index contributed by atoms with van der Waals surface area (Å²) in [7, 11) is 0. The normalized spacial score (nSPS) is 10.0.